The number of hydrogen-bond donors (Lipinski definition) is 3. The second-order valence-electron chi connectivity index (χ2n) is 17.3. The van der Waals surface area contributed by atoms with Crippen LogP contribution in [-0.4, -0.2) is 89.7 Å². The molecule has 4 amide bonds. The molecule has 2 saturated heterocycles. The summed E-state index contributed by atoms with van der Waals surface area (Å²) in [5.41, 5.74) is -1.82. The number of nitrogens with zero attached hydrogens (tertiary/aromatic N) is 3. The van der Waals surface area contributed by atoms with Gasteiger partial charge in [-0.15, -0.1) is 0 Å². The highest BCUT2D eigenvalue weighted by molar-refractivity contribution is 7.91. The Kier molecular flexibility index (Phi) is 10.8. The van der Waals surface area contributed by atoms with Crippen LogP contribution in [-0.2, 0) is 35.1 Å². The minimum Gasteiger partial charge on any atom is -0.470 e. The first-order valence-corrected chi connectivity index (χ1v) is 22.2. The summed E-state index contributed by atoms with van der Waals surface area (Å²) in [7, 11) is -3.93. The number of hydrogen-bond acceptors (Lipinski definition) is 10. The van der Waals surface area contributed by atoms with E-state index in [-0.39, 0.29) is 49.4 Å². The van der Waals surface area contributed by atoms with Crippen LogP contribution in [0.4, 0.5) is 13.6 Å². The lowest BCUT2D eigenvalue weighted by Crippen LogP contribution is -2.55. The van der Waals surface area contributed by atoms with Crippen molar-refractivity contribution in [3.8, 4) is 5.88 Å². The second kappa shape index (κ2) is 15.6. The third-order valence-corrected chi connectivity index (χ3v) is 14.7. The molecule has 2 aromatic rings. The number of fused-ring (bicyclic) bond motifs is 7. The van der Waals surface area contributed by atoms with Crippen LogP contribution in [0, 0.1) is 17.3 Å². The Labute approximate surface area is 331 Å². The van der Waals surface area contributed by atoms with Crippen molar-refractivity contribution in [3.05, 3.63) is 30.0 Å². The van der Waals surface area contributed by atoms with Crippen LogP contribution >= 0.6 is 0 Å². The maximum absolute atomic E-state index is 16.3. The molecular formula is C40H52F2N6O8S. The highest BCUT2D eigenvalue weighted by atomic mass is 32.2. The fraction of sp³-hybridized carbons (Fsp3) is 0.700. The smallest absolute Gasteiger partial charge is 0.407 e. The highest BCUT2D eigenvalue weighted by Crippen LogP contribution is 2.51. The lowest BCUT2D eigenvalue weighted by molar-refractivity contribution is -0.134. The topological polar surface area (TPSA) is 186 Å². The number of benzene rings is 1. The molecule has 310 valence electrons. The summed E-state index contributed by atoms with van der Waals surface area (Å²) in [6.07, 6.45) is 7.24. The average molecular weight is 815 g/mol. The molecule has 1 aromatic carbocycles. The van der Waals surface area contributed by atoms with Crippen LogP contribution in [0.3, 0.4) is 0 Å². The van der Waals surface area contributed by atoms with Crippen molar-refractivity contribution in [3.63, 3.8) is 0 Å². The molecule has 3 saturated carbocycles. The van der Waals surface area contributed by atoms with Gasteiger partial charge in [-0.1, -0.05) is 57.1 Å². The Morgan fingerprint density at radius 2 is 1.54 bits per heavy atom. The number of alkyl halides is 2. The summed E-state index contributed by atoms with van der Waals surface area (Å²) in [5.74, 6) is -7.39. The van der Waals surface area contributed by atoms with Gasteiger partial charge < -0.3 is 25.0 Å². The number of aromatic nitrogens is 2. The van der Waals surface area contributed by atoms with E-state index >= 15 is 8.78 Å². The molecule has 3 aliphatic carbocycles. The monoisotopic (exact) mass is 814 g/mol. The van der Waals surface area contributed by atoms with E-state index in [1.807, 2.05) is 0 Å². The number of rotatable bonds is 3. The van der Waals surface area contributed by atoms with Gasteiger partial charge in [0.15, 0.2) is 5.69 Å². The van der Waals surface area contributed by atoms with Crippen LogP contribution in [0.15, 0.2) is 24.3 Å². The number of ether oxygens (including phenoxy) is 2. The zero-order valence-corrected chi connectivity index (χ0v) is 32.9. The van der Waals surface area contributed by atoms with E-state index < -0.39 is 86.6 Å². The molecule has 57 heavy (non-hydrogen) atoms. The highest BCUT2D eigenvalue weighted by Gasteiger charge is 2.62. The van der Waals surface area contributed by atoms with Gasteiger partial charge >= 0.3 is 6.09 Å². The minimum atomic E-state index is -3.93. The van der Waals surface area contributed by atoms with Crippen LogP contribution in [0.25, 0.3) is 11.0 Å². The van der Waals surface area contributed by atoms with Crippen molar-refractivity contribution in [2.24, 2.45) is 17.3 Å². The average Bonchev–Trinajstić information content (AvgIpc) is 4.10. The van der Waals surface area contributed by atoms with Gasteiger partial charge in [-0.3, -0.25) is 19.1 Å². The number of halogens is 2. The maximum atomic E-state index is 16.3. The Hall–Kier alpha value is -4.15. The third-order valence-electron chi connectivity index (χ3n) is 12.9. The van der Waals surface area contributed by atoms with E-state index in [2.05, 4.69) is 25.3 Å². The molecule has 5 atom stereocenters. The second-order valence-corrected chi connectivity index (χ2v) is 19.3. The van der Waals surface area contributed by atoms with Gasteiger partial charge in [0.05, 0.1) is 35.4 Å². The Bertz CT molecular complexity index is 2010. The van der Waals surface area contributed by atoms with Gasteiger partial charge in [-0.25, -0.2) is 23.2 Å². The Morgan fingerprint density at radius 3 is 2.28 bits per heavy atom. The number of cyclic esters (lactones) is 1. The molecule has 17 heteroatoms. The molecule has 4 heterocycles. The summed E-state index contributed by atoms with van der Waals surface area (Å²) < 4.78 is 72.6. The number of carbonyl (C=O) groups is 4. The first-order valence-electron chi connectivity index (χ1n) is 20.7. The largest absolute Gasteiger partial charge is 0.470 e. The van der Waals surface area contributed by atoms with E-state index in [0.717, 1.165) is 44.9 Å². The number of alkyl carbamates (subject to hydrolysis) is 1. The van der Waals surface area contributed by atoms with Crippen LogP contribution in [0.2, 0.25) is 0 Å². The van der Waals surface area contributed by atoms with Crippen molar-refractivity contribution in [1.82, 2.24) is 30.2 Å². The zero-order chi connectivity index (χ0) is 40.0. The van der Waals surface area contributed by atoms with Crippen molar-refractivity contribution in [1.29, 1.82) is 0 Å². The maximum Gasteiger partial charge on any atom is 0.407 e. The number of para-hydroxylation sites is 2. The molecule has 1 spiro atoms. The Balaban J connectivity index is 1.15. The summed E-state index contributed by atoms with van der Waals surface area (Å²) >= 11 is 0. The lowest BCUT2D eigenvalue weighted by atomic mass is 9.97. The summed E-state index contributed by atoms with van der Waals surface area (Å²) in [6.45, 7) is -0.265. The number of sulfonamides is 1. The standard InChI is InChI=1S/C40H52F2N6O8S/c41-40(42)18-10-4-9-17-38(19-20-38)24-55-37(52)45-30-14-6-3-1-2-5-11-25-21-39(25,36(51)47-57(53,54)26-15-16-26)46-33(49)27-22-48(35(30)50)23-31(27)56-34-32(40)43-28-12-7-8-13-29(28)44-34/h7-8,12-13,25-27,30-31H,1-6,9-11,14-24H2,(H,45,52)(H,46,49)(H,47,51)/t25-,27?,30+,31+,39-/m1/s1. The SMILES string of the molecule is O=C1N[C@H]2CCCCCCC[C@@H]3C[C@@]3(C(=O)NS(=O)(=O)C3CC3)NC(=O)C3CN(C[C@@H]3Oc3nc4ccccc4nc3C(F)(F)CCCCCC3(CC3)CO1)C2=O. The van der Waals surface area contributed by atoms with E-state index in [1.165, 1.54) is 4.90 Å². The van der Waals surface area contributed by atoms with Gasteiger partial charge in [-0.05, 0) is 75.8 Å². The van der Waals surface area contributed by atoms with Gasteiger partial charge in [0.2, 0.25) is 27.7 Å². The van der Waals surface area contributed by atoms with Crippen molar-refractivity contribution in [2.45, 2.75) is 138 Å². The molecule has 5 fully saturated rings. The van der Waals surface area contributed by atoms with Crippen molar-refractivity contribution < 1.29 is 45.9 Å². The van der Waals surface area contributed by atoms with Crippen LogP contribution in [0.5, 0.6) is 5.88 Å². The fourth-order valence-corrected chi connectivity index (χ4v) is 10.2. The summed E-state index contributed by atoms with van der Waals surface area (Å²) in [5, 5.41) is 5.01. The first kappa shape index (κ1) is 39.7. The quantitative estimate of drug-likeness (QED) is 0.381. The summed E-state index contributed by atoms with van der Waals surface area (Å²) in [4.78, 5) is 66.1. The minimum absolute atomic E-state index is 0.173. The van der Waals surface area contributed by atoms with Gasteiger partial charge in [0.1, 0.15) is 17.7 Å². The Morgan fingerprint density at radius 1 is 0.860 bits per heavy atom. The van der Waals surface area contributed by atoms with E-state index in [0.29, 0.717) is 50.5 Å². The molecule has 3 N–H and O–H groups in total. The molecule has 0 radical (unpaired) electrons. The number of nitrogens with one attached hydrogen (secondary N) is 3. The molecule has 4 bridgehead atoms. The predicted molar refractivity (Wildman–Crippen MR) is 202 cm³/mol. The molecule has 6 aliphatic rings. The van der Waals surface area contributed by atoms with E-state index in [1.54, 1.807) is 24.3 Å². The number of carbonyl (C=O) groups excluding carboxylic acids is 4. The zero-order valence-electron chi connectivity index (χ0n) is 32.1. The summed E-state index contributed by atoms with van der Waals surface area (Å²) in [6, 6.07) is 5.59. The molecule has 3 aliphatic heterocycles. The van der Waals surface area contributed by atoms with E-state index in [9.17, 15) is 27.6 Å². The lowest BCUT2D eigenvalue weighted by Gasteiger charge is -2.25. The molecule has 1 unspecified atom stereocenters. The fourth-order valence-electron chi connectivity index (χ4n) is 8.87. The van der Waals surface area contributed by atoms with Gasteiger partial charge in [0, 0.05) is 18.4 Å². The van der Waals surface area contributed by atoms with Crippen molar-refractivity contribution >= 4 is 44.9 Å². The van der Waals surface area contributed by atoms with Crippen LogP contribution < -0.4 is 20.1 Å². The number of amides is 4. The molecule has 1 aromatic heterocycles. The first-order chi connectivity index (χ1) is 27.3. The van der Waals surface area contributed by atoms with E-state index in [4.69, 9.17) is 9.47 Å². The van der Waals surface area contributed by atoms with Crippen molar-refractivity contribution in [2.75, 3.05) is 19.7 Å². The molecular weight excluding hydrogens is 763 g/mol. The van der Waals surface area contributed by atoms with Crippen LogP contribution in [0.1, 0.15) is 115 Å². The van der Waals surface area contributed by atoms with Gasteiger partial charge in [-0.2, -0.15) is 8.78 Å². The van der Waals surface area contributed by atoms with Gasteiger partial charge in [0.25, 0.3) is 11.8 Å². The normalized spacial score (nSPS) is 31.1. The third kappa shape index (κ3) is 8.68. The molecule has 8 rings (SSSR count). The predicted octanol–water partition coefficient (Wildman–Crippen LogP) is 4.99. The molecule has 14 nitrogen and oxygen atoms in total.